The number of rotatable bonds is 2. The van der Waals surface area contributed by atoms with Gasteiger partial charge in [-0.15, -0.1) is 23.1 Å². The predicted octanol–water partition coefficient (Wildman–Crippen LogP) is 4.04. The molecule has 0 radical (unpaired) electrons. The Kier molecular flexibility index (Phi) is 3.66. The van der Waals surface area contributed by atoms with E-state index in [9.17, 15) is 4.79 Å². The van der Waals surface area contributed by atoms with Gasteiger partial charge >= 0.3 is 0 Å². The minimum atomic E-state index is -0.192. The maximum Gasteiger partial charge on any atom is 0.155 e. The number of nitrogens with zero attached hydrogens (tertiary/aromatic N) is 2. The van der Waals surface area contributed by atoms with E-state index in [0.29, 0.717) is 0 Å². The molecular weight excluding hydrogens is 300 g/mol. The van der Waals surface area contributed by atoms with Crippen LogP contribution in [-0.4, -0.2) is 27.6 Å². The molecule has 1 aliphatic rings. The van der Waals surface area contributed by atoms with Gasteiger partial charge in [-0.1, -0.05) is 26.8 Å². The highest BCUT2D eigenvalue weighted by atomic mass is 32.2. The molecule has 0 saturated carbocycles. The molecule has 2 aromatic rings. The maximum atomic E-state index is 11.4. The molecule has 2 heterocycles. The fourth-order valence-electron chi connectivity index (χ4n) is 2.18. The number of thioether (sulfide) groups is 1. The molecule has 0 unspecified atom stereocenters. The second kappa shape index (κ2) is 5.21. The number of carbonyl (C=O) groups excluding carboxylic acids is 1. The van der Waals surface area contributed by atoms with E-state index >= 15 is 0 Å². The molecule has 110 valence electrons. The summed E-state index contributed by atoms with van der Waals surface area (Å²) < 4.78 is 1.19. The number of aliphatic imine (C=N–C) groups is 1. The SMILES string of the molecule is CC(=O)[C@@H]1CSC(c2nc3ccc(C(C)(C)C)cc3s2)=N1. The van der Waals surface area contributed by atoms with Crippen molar-refractivity contribution in [3.63, 3.8) is 0 Å². The third-order valence-electron chi connectivity index (χ3n) is 3.56. The van der Waals surface area contributed by atoms with Gasteiger partial charge in [0, 0.05) is 5.75 Å². The van der Waals surface area contributed by atoms with Gasteiger partial charge in [-0.25, -0.2) is 4.98 Å². The molecule has 21 heavy (non-hydrogen) atoms. The summed E-state index contributed by atoms with van der Waals surface area (Å²) in [5, 5.41) is 1.85. The van der Waals surface area contributed by atoms with Crippen molar-refractivity contribution in [1.82, 2.24) is 4.98 Å². The van der Waals surface area contributed by atoms with E-state index in [0.717, 1.165) is 21.3 Å². The van der Waals surface area contributed by atoms with Gasteiger partial charge < -0.3 is 0 Å². The van der Waals surface area contributed by atoms with Gasteiger partial charge in [0.2, 0.25) is 0 Å². The van der Waals surface area contributed by atoms with E-state index in [1.54, 1.807) is 30.0 Å². The fraction of sp³-hybridized carbons (Fsp3) is 0.438. The maximum absolute atomic E-state index is 11.4. The summed E-state index contributed by atoms with van der Waals surface area (Å²) in [5.74, 6) is 0.877. The van der Waals surface area contributed by atoms with Gasteiger partial charge in [-0.2, -0.15) is 0 Å². The summed E-state index contributed by atoms with van der Waals surface area (Å²) in [5.41, 5.74) is 2.46. The summed E-state index contributed by atoms with van der Waals surface area (Å²) in [6, 6.07) is 6.26. The van der Waals surface area contributed by atoms with Crippen LogP contribution < -0.4 is 0 Å². The average molecular weight is 318 g/mol. The van der Waals surface area contributed by atoms with Gasteiger partial charge in [0.1, 0.15) is 16.1 Å². The molecule has 0 aliphatic carbocycles. The van der Waals surface area contributed by atoms with Gasteiger partial charge in [0.25, 0.3) is 0 Å². The molecule has 1 aromatic heterocycles. The number of ketones is 1. The first kappa shape index (κ1) is 14.7. The van der Waals surface area contributed by atoms with E-state index in [1.165, 1.54) is 10.3 Å². The first-order chi connectivity index (χ1) is 9.84. The Morgan fingerprint density at radius 3 is 2.71 bits per heavy atom. The molecule has 0 bridgehead atoms. The van der Waals surface area contributed by atoms with Crippen molar-refractivity contribution < 1.29 is 4.79 Å². The largest absolute Gasteiger partial charge is 0.298 e. The van der Waals surface area contributed by atoms with Crippen molar-refractivity contribution in [2.24, 2.45) is 4.99 Å². The molecular formula is C16H18N2OS2. The Bertz CT molecular complexity index is 740. The van der Waals surface area contributed by atoms with Crippen LogP contribution in [0.2, 0.25) is 0 Å². The minimum Gasteiger partial charge on any atom is -0.298 e. The molecule has 1 aromatic carbocycles. The summed E-state index contributed by atoms with van der Waals surface area (Å²) in [6.45, 7) is 8.24. The Balaban J connectivity index is 1.99. The van der Waals surface area contributed by atoms with Gasteiger partial charge in [-0.3, -0.25) is 9.79 Å². The van der Waals surface area contributed by atoms with Crippen molar-refractivity contribution in [1.29, 1.82) is 0 Å². The van der Waals surface area contributed by atoms with E-state index in [2.05, 4.69) is 48.9 Å². The van der Waals surface area contributed by atoms with Gasteiger partial charge in [0.05, 0.1) is 10.2 Å². The van der Waals surface area contributed by atoms with Crippen LogP contribution >= 0.6 is 23.1 Å². The van der Waals surface area contributed by atoms with Gasteiger partial charge in [0.15, 0.2) is 5.78 Å². The van der Waals surface area contributed by atoms with Crippen molar-refractivity contribution in [3.8, 4) is 0 Å². The highest BCUT2D eigenvalue weighted by Gasteiger charge is 2.25. The number of thiazole rings is 1. The van der Waals surface area contributed by atoms with Crippen LogP contribution in [0.5, 0.6) is 0 Å². The number of hydrogen-bond donors (Lipinski definition) is 0. The van der Waals surface area contributed by atoms with Crippen molar-refractivity contribution in [2.75, 3.05) is 5.75 Å². The molecule has 5 heteroatoms. The van der Waals surface area contributed by atoms with Crippen LogP contribution in [0.15, 0.2) is 23.2 Å². The lowest BCUT2D eigenvalue weighted by Gasteiger charge is -2.18. The normalized spacial score (nSPS) is 19.0. The summed E-state index contributed by atoms with van der Waals surface area (Å²) >= 11 is 3.30. The zero-order valence-electron chi connectivity index (χ0n) is 12.6. The highest BCUT2D eigenvalue weighted by Crippen LogP contribution is 2.32. The fourth-order valence-corrected chi connectivity index (χ4v) is 4.38. The lowest BCUT2D eigenvalue weighted by molar-refractivity contribution is -0.117. The third-order valence-corrected chi connectivity index (χ3v) is 5.77. The van der Waals surface area contributed by atoms with Crippen LogP contribution in [0.25, 0.3) is 10.2 Å². The highest BCUT2D eigenvalue weighted by molar-refractivity contribution is 8.15. The van der Waals surface area contributed by atoms with Crippen LogP contribution in [0.4, 0.5) is 0 Å². The first-order valence-corrected chi connectivity index (χ1v) is 8.77. The van der Waals surface area contributed by atoms with Crippen LogP contribution in [0, 0.1) is 0 Å². The molecule has 0 N–H and O–H groups in total. The number of benzene rings is 1. The Morgan fingerprint density at radius 2 is 2.10 bits per heavy atom. The lowest BCUT2D eigenvalue weighted by atomic mass is 9.87. The predicted molar refractivity (Wildman–Crippen MR) is 91.8 cm³/mol. The van der Waals surface area contributed by atoms with Crippen LogP contribution in [0.3, 0.4) is 0 Å². The molecule has 0 amide bonds. The molecule has 0 spiro atoms. The minimum absolute atomic E-state index is 0.133. The van der Waals surface area contributed by atoms with E-state index in [1.807, 2.05) is 0 Å². The summed E-state index contributed by atoms with van der Waals surface area (Å²) in [7, 11) is 0. The van der Waals surface area contributed by atoms with Crippen molar-refractivity contribution in [2.45, 2.75) is 39.2 Å². The number of fused-ring (bicyclic) bond motifs is 1. The van der Waals surface area contributed by atoms with E-state index in [-0.39, 0.29) is 17.2 Å². The summed E-state index contributed by atoms with van der Waals surface area (Å²) in [6.07, 6.45) is 0. The molecule has 1 atom stereocenters. The van der Waals surface area contributed by atoms with Crippen LogP contribution in [0.1, 0.15) is 38.3 Å². The topological polar surface area (TPSA) is 42.3 Å². The molecule has 0 fully saturated rings. The quantitative estimate of drug-likeness (QED) is 0.839. The Hall–Kier alpha value is -1.20. The smallest absolute Gasteiger partial charge is 0.155 e. The van der Waals surface area contributed by atoms with E-state index in [4.69, 9.17) is 0 Å². The van der Waals surface area contributed by atoms with Crippen molar-refractivity contribution in [3.05, 3.63) is 28.8 Å². The molecule has 1 aliphatic heterocycles. The van der Waals surface area contributed by atoms with E-state index < -0.39 is 0 Å². The molecule has 0 saturated heterocycles. The Morgan fingerprint density at radius 1 is 1.33 bits per heavy atom. The zero-order valence-corrected chi connectivity index (χ0v) is 14.3. The third kappa shape index (κ3) is 2.90. The lowest BCUT2D eigenvalue weighted by Crippen LogP contribution is -2.14. The molecule has 3 nitrogen and oxygen atoms in total. The molecule has 3 rings (SSSR count). The second-order valence-electron chi connectivity index (χ2n) is 6.32. The monoisotopic (exact) mass is 318 g/mol. The second-order valence-corrected chi connectivity index (χ2v) is 8.36. The Labute approximate surface area is 132 Å². The average Bonchev–Trinajstić information content (AvgIpc) is 3.03. The van der Waals surface area contributed by atoms with Crippen molar-refractivity contribution >= 4 is 44.1 Å². The number of Topliss-reactive ketones (excluding diaryl/α,β-unsaturated/α-hetero) is 1. The first-order valence-electron chi connectivity index (χ1n) is 6.97. The number of carbonyl (C=O) groups is 1. The number of hydrogen-bond acceptors (Lipinski definition) is 5. The summed E-state index contributed by atoms with van der Waals surface area (Å²) in [4.78, 5) is 20.6. The van der Waals surface area contributed by atoms with Gasteiger partial charge in [-0.05, 0) is 30.0 Å². The zero-order chi connectivity index (χ0) is 15.2. The number of aromatic nitrogens is 1. The standard InChI is InChI=1S/C16H18N2OS2/c1-9(19)12-8-20-14(18-12)15-17-11-6-5-10(16(2,3)4)7-13(11)21-15/h5-7,12H,8H2,1-4H3/t12-/m0/s1. The van der Waals surface area contributed by atoms with Crippen LogP contribution in [-0.2, 0) is 10.2 Å².